The largest absolute Gasteiger partial charge is 0.478 e. The zero-order chi connectivity index (χ0) is 10.8. The number of carboxylic acids is 1. The Bertz CT molecular complexity index is 511. The van der Waals surface area contributed by atoms with E-state index in [1.807, 2.05) is 0 Å². The van der Waals surface area contributed by atoms with E-state index in [1.54, 1.807) is 0 Å². The Labute approximate surface area is 89.2 Å². The van der Waals surface area contributed by atoms with Gasteiger partial charge in [-0.15, -0.1) is 0 Å². The fourth-order valence-electron chi connectivity index (χ4n) is 1.00. The van der Waals surface area contributed by atoms with Gasteiger partial charge in [0.2, 0.25) is 0 Å². The van der Waals surface area contributed by atoms with Crippen LogP contribution < -0.4 is 0 Å². The molecule has 2 aromatic heterocycles. The van der Waals surface area contributed by atoms with Crippen LogP contribution in [0.15, 0.2) is 24.8 Å². The number of aromatic carboxylic acids is 1. The molecule has 0 aromatic carbocycles. The first-order chi connectivity index (χ1) is 7.16. The predicted molar refractivity (Wildman–Crippen MR) is 51.1 cm³/mol. The molecule has 1 N–H and O–H groups in total. The highest BCUT2D eigenvalue weighted by Gasteiger charge is 2.07. The van der Waals surface area contributed by atoms with E-state index in [9.17, 15) is 4.79 Å². The Morgan fingerprint density at radius 1 is 1.40 bits per heavy atom. The maximum absolute atomic E-state index is 10.6. The maximum Gasteiger partial charge on any atom is 0.338 e. The van der Waals surface area contributed by atoms with Crippen LogP contribution in [0.5, 0.6) is 0 Å². The van der Waals surface area contributed by atoms with Crippen LogP contribution in [0.4, 0.5) is 0 Å². The molecule has 76 valence electrons. The zero-order valence-corrected chi connectivity index (χ0v) is 8.09. The highest BCUT2D eigenvalue weighted by atomic mass is 35.5. The van der Waals surface area contributed by atoms with Crippen LogP contribution in [0.25, 0.3) is 5.82 Å². The lowest BCUT2D eigenvalue weighted by molar-refractivity contribution is 0.0697. The summed E-state index contributed by atoms with van der Waals surface area (Å²) in [5, 5.41) is 12.7. The van der Waals surface area contributed by atoms with Gasteiger partial charge in [-0.3, -0.25) is 4.98 Å². The quantitative estimate of drug-likeness (QED) is 0.824. The third kappa shape index (κ3) is 1.94. The Morgan fingerprint density at radius 2 is 2.20 bits per heavy atom. The van der Waals surface area contributed by atoms with E-state index in [0.717, 1.165) is 0 Å². The smallest absolute Gasteiger partial charge is 0.338 e. The van der Waals surface area contributed by atoms with Crippen LogP contribution >= 0.6 is 11.6 Å². The first kappa shape index (κ1) is 9.60. The number of carboxylic acid groups (broad SMARTS) is 1. The monoisotopic (exact) mass is 224 g/mol. The molecule has 0 unspecified atom stereocenters. The van der Waals surface area contributed by atoms with E-state index in [-0.39, 0.29) is 10.7 Å². The normalized spacial score (nSPS) is 10.2. The van der Waals surface area contributed by atoms with Gasteiger partial charge in [0, 0.05) is 6.20 Å². The molecule has 2 aromatic rings. The molecular formula is C8H5ClN4O2. The van der Waals surface area contributed by atoms with Gasteiger partial charge in [-0.2, -0.15) is 5.10 Å². The van der Waals surface area contributed by atoms with Gasteiger partial charge in [-0.25, -0.2) is 14.5 Å². The molecule has 7 heteroatoms. The van der Waals surface area contributed by atoms with Gasteiger partial charge < -0.3 is 5.11 Å². The molecule has 0 fully saturated rings. The molecule has 2 rings (SSSR count). The molecule has 2 heterocycles. The average Bonchev–Trinajstić information content (AvgIpc) is 2.66. The Morgan fingerprint density at radius 3 is 2.80 bits per heavy atom. The lowest BCUT2D eigenvalue weighted by atomic mass is 10.4. The zero-order valence-electron chi connectivity index (χ0n) is 7.33. The Hall–Kier alpha value is -1.95. The molecule has 6 nitrogen and oxygen atoms in total. The van der Waals surface area contributed by atoms with Crippen molar-refractivity contribution in [1.29, 1.82) is 0 Å². The first-order valence-electron chi connectivity index (χ1n) is 3.93. The molecule has 0 atom stereocenters. The van der Waals surface area contributed by atoms with Crippen molar-refractivity contribution in [3.05, 3.63) is 35.5 Å². The van der Waals surface area contributed by atoms with Crippen molar-refractivity contribution in [2.45, 2.75) is 0 Å². The van der Waals surface area contributed by atoms with Crippen molar-refractivity contribution in [2.24, 2.45) is 0 Å². The number of rotatable bonds is 2. The summed E-state index contributed by atoms with van der Waals surface area (Å²) in [7, 11) is 0. The standard InChI is InChI=1S/C8H5ClN4O2/c9-6-2-10-3-7(12-6)13-4-5(1-11-13)8(14)15/h1-4H,(H,14,15). The number of nitrogens with zero attached hydrogens (tertiary/aromatic N) is 4. The minimum atomic E-state index is -1.05. The molecule has 15 heavy (non-hydrogen) atoms. The summed E-state index contributed by atoms with van der Waals surface area (Å²) in [6.45, 7) is 0. The van der Waals surface area contributed by atoms with Crippen molar-refractivity contribution in [2.75, 3.05) is 0 Å². The van der Waals surface area contributed by atoms with Gasteiger partial charge >= 0.3 is 5.97 Å². The summed E-state index contributed by atoms with van der Waals surface area (Å²) in [6.07, 6.45) is 5.38. The lowest BCUT2D eigenvalue weighted by Crippen LogP contribution is -1.99. The third-order valence-electron chi connectivity index (χ3n) is 1.66. The minimum Gasteiger partial charge on any atom is -0.478 e. The van der Waals surface area contributed by atoms with Crippen molar-refractivity contribution < 1.29 is 9.90 Å². The Kier molecular flexibility index (Phi) is 2.34. The van der Waals surface area contributed by atoms with Gasteiger partial charge in [0.05, 0.1) is 24.2 Å². The summed E-state index contributed by atoms with van der Waals surface area (Å²) >= 11 is 5.63. The van der Waals surface area contributed by atoms with Crippen LogP contribution in [0.1, 0.15) is 10.4 Å². The van der Waals surface area contributed by atoms with Crippen molar-refractivity contribution in [1.82, 2.24) is 19.7 Å². The number of hydrogen-bond acceptors (Lipinski definition) is 4. The lowest BCUT2D eigenvalue weighted by Gasteiger charge is -1.98. The molecule has 0 aliphatic rings. The van der Waals surface area contributed by atoms with Gasteiger partial charge in [-0.05, 0) is 0 Å². The number of aromatic nitrogens is 4. The molecule has 0 spiro atoms. The highest BCUT2D eigenvalue weighted by molar-refractivity contribution is 6.29. The molecule has 0 saturated carbocycles. The predicted octanol–water partition coefficient (Wildman–Crippen LogP) is 1.01. The van der Waals surface area contributed by atoms with E-state index in [0.29, 0.717) is 5.82 Å². The average molecular weight is 225 g/mol. The van der Waals surface area contributed by atoms with E-state index >= 15 is 0 Å². The van der Waals surface area contributed by atoms with Crippen molar-refractivity contribution in [3.63, 3.8) is 0 Å². The van der Waals surface area contributed by atoms with E-state index in [1.165, 1.54) is 29.5 Å². The summed E-state index contributed by atoms with van der Waals surface area (Å²) in [5.74, 6) is -0.675. The minimum absolute atomic E-state index is 0.0803. The fourth-order valence-corrected chi connectivity index (χ4v) is 1.14. The van der Waals surface area contributed by atoms with Gasteiger partial charge in [0.1, 0.15) is 5.15 Å². The molecule has 0 radical (unpaired) electrons. The molecule has 0 saturated heterocycles. The second-order valence-electron chi connectivity index (χ2n) is 2.68. The maximum atomic E-state index is 10.6. The molecule has 0 aliphatic carbocycles. The molecule has 0 aliphatic heterocycles. The summed E-state index contributed by atoms with van der Waals surface area (Å²) in [4.78, 5) is 18.3. The van der Waals surface area contributed by atoms with Crippen molar-refractivity contribution >= 4 is 17.6 Å². The van der Waals surface area contributed by atoms with Gasteiger partial charge in [0.25, 0.3) is 0 Å². The fraction of sp³-hybridized carbons (Fsp3) is 0. The van der Waals surface area contributed by atoms with Crippen LogP contribution in [-0.4, -0.2) is 30.8 Å². The Balaban J connectivity index is 2.41. The molecule has 0 amide bonds. The van der Waals surface area contributed by atoms with E-state index in [2.05, 4.69) is 15.1 Å². The SMILES string of the molecule is O=C(O)c1cnn(-c2cncc(Cl)n2)c1. The van der Waals surface area contributed by atoms with Crippen LogP contribution in [-0.2, 0) is 0 Å². The van der Waals surface area contributed by atoms with Crippen LogP contribution in [0, 0.1) is 0 Å². The molecule has 0 bridgehead atoms. The summed E-state index contributed by atoms with van der Waals surface area (Å²) in [5.41, 5.74) is 0.0803. The summed E-state index contributed by atoms with van der Waals surface area (Å²) in [6, 6.07) is 0. The topological polar surface area (TPSA) is 80.9 Å². The second-order valence-corrected chi connectivity index (χ2v) is 3.07. The van der Waals surface area contributed by atoms with Gasteiger partial charge in [0.15, 0.2) is 5.82 Å². The molecular weight excluding hydrogens is 220 g/mol. The van der Waals surface area contributed by atoms with Crippen LogP contribution in [0.2, 0.25) is 5.15 Å². The van der Waals surface area contributed by atoms with Crippen LogP contribution in [0.3, 0.4) is 0 Å². The second kappa shape index (κ2) is 3.66. The number of carbonyl (C=O) groups is 1. The van der Waals surface area contributed by atoms with E-state index in [4.69, 9.17) is 16.7 Å². The highest BCUT2D eigenvalue weighted by Crippen LogP contribution is 2.07. The van der Waals surface area contributed by atoms with Crippen molar-refractivity contribution in [3.8, 4) is 5.82 Å². The number of halogens is 1. The number of hydrogen-bond donors (Lipinski definition) is 1. The van der Waals surface area contributed by atoms with E-state index < -0.39 is 5.97 Å². The third-order valence-corrected chi connectivity index (χ3v) is 1.84. The summed E-state index contributed by atoms with van der Waals surface area (Å²) < 4.78 is 1.29. The van der Waals surface area contributed by atoms with Gasteiger partial charge in [-0.1, -0.05) is 11.6 Å². The first-order valence-corrected chi connectivity index (χ1v) is 4.30.